The van der Waals surface area contributed by atoms with Gasteiger partial charge in [-0.25, -0.2) is 0 Å². The van der Waals surface area contributed by atoms with Crippen LogP contribution in [0.1, 0.15) is 19.8 Å². The van der Waals surface area contributed by atoms with Gasteiger partial charge in [-0.1, -0.05) is 67.9 Å². The summed E-state index contributed by atoms with van der Waals surface area (Å²) >= 11 is 1.82. The summed E-state index contributed by atoms with van der Waals surface area (Å²) in [4.78, 5) is 1.25. The van der Waals surface area contributed by atoms with Crippen LogP contribution in [0.4, 0.5) is 0 Å². The Labute approximate surface area is 166 Å². The fraction of sp³-hybridized carbons (Fsp3) is 0.217. The highest BCUT2D eigenvalue weighted by molar-refractivity contribution is 7.99. The lowest BCUT2D eigenvalue weighted by Crippen LogP contribution is -2.36. The molecule has 3 aromatic rings. The van der Waals surface area contributed by atoms with Crippen molar-refractivity contribution < 1.29 is 4.57 Å². The SMILES string of the molecule is CCCC(CSc1ccccc1)NP(=O)(c1ccccc1)c1ccccc1. The molecule has 2 nitrogen and oxygen atoms in total. The molecule has 0 amide bonds. The Morgan fingerprint density at radius 3 is 1.78 bits per heavy atom. The molecule has 1 N–H and O–H groups in total. The molecule has 4 heteroatoms. The lowest BCUT2D eigenvalue weighted by molar-refractivity contribution is 0.553. The average Bonchev–Trinajstić information content (AvgIpc) is 2.74. The molecule has 0 saturated heterocycles. The summed E-state index contributed by atoms with van der Waals surface area (Å²) in [6, 6.07) is 30.2. The zero-order valence-corrected chi connectivity index (χ0v) is 17.3. The molecular formula is C23H26NOPS. The van der Waals surface area contributed by atoms with Gasteiger partial charge >= 0.3 is 0 Å². The first-order chi connectivity index (χ1) is 13.2. The number of benzene rings is 3. The lowest BCUT2D eigenvalue weighted by Gasteiger charge is -2.27. The Bertz CT molecular complexity index is 812. The smallest absolute Gasteiger partial charge is 0.204 e. The second kappa shape index (κ2) is 9.94. The molecule has 27 heavy (non-hydrogen) atoms. The fourth-order valence-corrected chi connectivity index (χ4v) is 6.71. The van der Waals surface area contributed by atoms with Crippen LogP contribution in [-0.2, 0) is 4.57 Å². The van der Waals surface area contributed by atoms with Crippen LogP contribution in [0.3, 0.4) is 0 Å². The summed E-state index contributed by atoms with van der Waals surface area (Å²) in [7, 11) is -2.89. The highest BCUT2D eigenvalue weighted by atomic mass is 32.2. The minimum Gasteiger partial charge on any atom is -0.297 e. The summed E-state index contributed by atoms with van der Waals surface area (Å²) in [6.45, 7) is 2.18. The maximum Gasteiger partial charge on any atom is 0.204 e. The van der Waals surface area contributed by atoms with Gasteiger partial charge in [-0.05, 0) is 42.8 Å². The van der Waals surface area contributed by atoms with Gasteiger partial charge in [0.25, 0.3) is 0 Å². The standard InChI is InChI=1S/C23H26NOPS/c1-2-12-20(19-27-23-17-10-5-11-18-23)24-26(25,21-13-6-3-7-14-21)22-15-8-4-9-16-22/h3-11,13-18,20H,2,12,19H2,1H3,(H,24,25). The van der Waals surface area contributed by atoms with Crippen LogP contribution in [0.2, 0.25) is 0 Å². The van der Waals surface area contributed by atoms with Crippen LogP contribution in [0.5, 0.6) is 0 Å². The van der Waals surface area contributed by atoms with E-state index in [4.69, 9.17) is 0 Å². The quantitative estimate of drug-likeness (QED) is 0.385. The largest absolute Gasteiger partial charge is 0.297 e. The van der Waals surface area contributed by atoms with Crippen molar-refractivity contribution in [1.29, 1.82) is 0 Å². The van der Waals surface area contributed by atoms with E-state index in [1.165, 1.54) is 4.90 Å². The van der Waals surface area contributed by atoms with Gasteiger partial charge in [0.2, 0.25) is 7.29 Å². The third-order valence-corrected chi connectivity index (χ3v) is 8.39. The second-order valence-corrected chi connectivity index (χ2v) is 10.1. The molecule has 0 heterocycles. The molecule has 1 unspecified atom stereocenters. The van der Waals surface area contributed by atoms with E-state index in [1.54, 1.807) is 0 Å². The molecule has 0 fully saturated rings. The molecule has 1 atom stereocenters. The van der Waals surface area contributed by atoms with Crippen LogP contribution in [0.15, 0.2) is 95.9 Å². The van der Waals surface area contributed by atoms with E-state index in [9.17, 15) is 4.57 Å². The lowest BCUT2D eigenvalue weighted by atomic mass is 10.2. The Balaban J connectivity index is 1.86. The molecule has 0 aliphatic carbocycles. The maximum atomic E-state index is 14.2. The minimum absolute atomic E-state index is 0.173. The number of hydrogen-bond acceptors (Lipinski definition) is 2. The number of hydrogen-bond donors (Lipinski definition) is 1. The zero-order valence-electron chi connectivity index (χ0n) is 15.6. The molecule has 0 aromatic heterocycles. The van der Waals surface area contributed by atoms with Gasteiger partial charge in [0, 0.05) is 27.3 Å². The van der Waals surface area contributed by atoms with Crippen molar-refractivity contribution in [2.24, 2.45) is 0 Å². The Morgan fingerprint density at radius 1 is 0.815 bits per heavy atom. The van der Waals surface area contributed by atoms with Gasteiger partial charge in [0.05, 0.1) is 0 Å². The molecule has 0 spiro atoms. The molecule has 140 valence electrons. The molecule has 0 aliphatic heterocycles. The average molecular weight is 396 g/mol. The number of rotatable bonds is 9. The van der Waals surface area contributed by atoms with Gasteiger partial charge in [0.1, 0.15) is 0 Å². The minimum atomic E-state index is -2.89. The first kappa shape index (κ1) is 19.9. The van der Waals surface area contributed by atoms with Crippen LogP contribution in [0, 0.1) is 0 Å². The highest BCUT2D eigenvalue weighted by Crippen LogP contribution is 2.40. The third-order valence-electron chi connectivity index (χ3n) is 4.44. The van der Waals surface area contributed by atoms with Crippen molar-refractivity contribution in [2.45, 2.75) is 30.7 Å². The summed E-state index contributed by atoms with van der Waals surface area (Å²) in [5.74, 6) is 0.890. The van der Waals surface area contributed by atoms with Crippen molar-refractivity contribution in [2.75, 3.05) is 5.75 Å². The van der Waals surface area contributed by atoms with Gasteiger partial charge in [-0.2, -0.15) is 0 Å². The number of nitrogens with one attached hydrogen (secondary N) is 1. The Morgan fingerprint density at radius 2 is 1.30 bits per heavy atom. The van der Waals surface area contributed by atoms with E-state index in [0.29, 0.717) is 0 Å². The summed E-state index contributed by atoms with van der Waals surface area (Å²) in [5, 5.41) is 5.29. The van der Waals surface area contributed by atoms with E-state index in [-0.39, 0.29) is 6.04 Å². The third kappa shape index (κ3) is 5.35. The van der Waals surface area contributed by atoms with E-state index in [0.717, 1.165) is 29.2 Å². The van der Waals surface area contributed by atoms with Gasteiger partial charge in [-0.3, -0.25) is 9.65 Å². The van der Waals surface area contributed by atoms with Crippen LogP contribution in [0.25, 0.3) is 0 Å². The van der Waals surface area contributed by atoms with Crippen LogP contribution in [-0.4, -0.2) is 11.8 Å². The highest BCUT2D eigenvalue weighted by Gasteiger charge is 2.29. The molecule has 0 radical (unpaired) electrons. The first-order valence-corrected chi connectivity index (χ1v) is 12.1. The zero-order chi connectivity index (χ0) is 19.0. The van der Waals surface area contributed by atoms with Crippen molar-refractivity contribution in [3.05, 3.63) is 91.0 Å². The van der Waals surface area contributed by atoms with Crippen molar-refractivity contribution in [1.82, 2.24) is 5.09 Å². The predicted octanol–water partition coefficient (Wildman–Crippen LogP) is 5.47. The predicted molar refractivity (Wildman–Crippen MR) is 119 cm³/mol. The summed E-state index contributed by atoms with van der Waals surface area (Å²) < 4.78 is 14.2. The van der Waals surface area contributed by atoms with E-state index in [1.807, 2.05) is 78.5 Å². The van der Waals surface area contributed by atoms with Gasteiger partial charge < -0.3 is 0 Å². The fourth-order valence-electron chi connectivity index (χ4n) is 3.08. The molecule has 0 bridgehead atoms. The monoisotopic (exact) mass is 395 g/mol. The molecule has 0 saturated carbocycles. The van der Waals surface area contributed by atoms with Gasteiger partial charge in [0.15, 0.2) is 0 Å². The summed E-state index contributed by atoms with van der Waals surface area (Å²) in [5.41, 5.74) is 0. The van der Waals surface area contributed by atoms with Crippen molar-refractivity contribution in [3.63, 3.8) is 0 Å². The molecular weight excluding hydrogens is 369 g/mol. The van der Waals surface area contributed by atoms with Crippen molar-refractivity contribution >= 4 is 29.7 Å². The van der Waals surface area contributed by atoms with E-state index in [2.05, 4.69) is 36.3 Å². The van der Waals surface area contributed by atoms with E-state index < -0.39 is 7.29 Å². The Kier molecular flexibility index (Phi) is 7.34. The second-order valence-electron chi connectivity index (χ2n) is 6.52. The van der Waals surface area contributed by atoms with Crippen LogP contribution >= 0.6 is 19.1 Å². The number of thioether (sulfide) groups is 1. The molecule has 3 rings (SSSR count). The normalized spacial score (nSPS) is 12.6. The van der Waals surface area contributed by atoms with Crippen molar-refractivity contribution in [3.8, 4) is 0 Å². The van der Waals surface area contributed by atoms with Crippen LogP contribution < -0.4 is 15.7 Å². The molecule has 3 aromatic carbocycles. The Hall–Kier alpha value is -1.80. The summed E-state index contributed by atoms with van der Waals surface area (Å²) in [6.07, 6.45) is 2.04. The van der Waals surface area contributed by atoms with Gasteiger partial charge in [-0.15, -0.1) is 11.8 Å². The first-order valence-electron chi connectivity index (χ1n) is 9.39. The maximum absolute atomic E-state index is 14.2. The molecule has 0 aliphatic rings. The van der Waals surface area contributed by atoms with E-state index >= 15 is 0 Å². The topological polar surface area (TPSA) is 29.1 Å².